The summed E-state index contributed by atoms with van der Waals surface area (Å²) in [6, 6.07) is 2.79. The molecule has 0 heterocycles. The molecule has 3 unspecified atom stereocenters. The minimum absolute atomic E-state index is 0.0564. The minimum Gasteiger partial charge on any atom is -0.327 e. The molecule has 0 bridgehead atoms. The van der Waals surface area contributed by atoms with Crippen molar-refractivity contribution >= 4 is 15.9 Å². The maximum absolute atomic E-state index is 14.1. The lowest BCUT2D eigenvalue weighted by Gasteiger charge is -2.34. The van der Waals surface area contributed by atoms with E-state index in [0.717, 1.165) is 25.7 Å². The van der Waals surface area contributed by atoms with Gasteiger partial charge in [-0.25, -0.2) is 8.78 Å². The second-order valence-electron chi connectivity index (χ2n) is 5.92. The first-order chi connectivity index (χ1) is 9.52. The number of halogens is 3. The largest absolute Gasteiger partial charge is 0.327 e. The van der Waals surface area contributed by atoms with E-state index < -0.39 is 11.6 Å². The summed E-state index contributed by atoms with van der Waals surface area (Å²) < 4.78 is 28.2. The summed E-state index contributed by atoms with van der Waals surface area (Å²) in [5, 5.41) is 0. The van der Waals surface area contributed by atoms with Crippen LogP contribution in [0.25, 0.3) is 0 Å². The van der Waals surface area contributed by atoms with Crippen molar-refractivity contribution in [3.63, 3.8) is 0 Å². The van der Waals surface area contributed by atoms with Crippen LogP contribution in [-0.4, -0.2) is 6.04 Å². The van der Waals surface area contributed by atoms with Gasteiger partial charge in [-0.1, -0.05) is 19.8 Å². The van der Waals surface area contributed by atoms with Crippen molar-refractivity contribution in [2.75, 3.05) is 0 Å². The highest BCUT2D eigenvalue weighted by atomic mass is 79.9. The molecule has 0 aliphatic heterocycles. The average Bonchev–Trinajstić information content (AvgIpc) is 2.43. The number of nitrogens with two attached hydrogens (primary N) is 1. The molecule has 0 amide bonds. The Balaban J connectivity index is 2.13. The van der Waals surface area contributed by atoms with E-state index in [-0.39, 0.29) is 17.5 Å². The minimum atomic E-state index is -0.477. The highest BCUT2D eigenvalue weighted by Crippen LogP contribution is 2.35. The average molecular weight is 346 g/mol. The standard InChI is InChI=1S/C16H22BrF2N/c1-2-3-10-4-7-15(20)11(8-10)9-12-14(18)6-5-13(17)16(12)19/h5-6,10-11,15H,2-4,7-9,20H2,1H3. The molecule has 0 spiro atoms. The van der Waals surface area contributed by atoms with E-state index in [0.29, 0.717) is 16.8 Å². The first-order valence-corrected chi connectivity index (χ1v) is 8.20. The summed E-state index contributed by atoms with van der Waals surface area (Å²) in [6.45, 7) is 2.18. The van der Waals surface area contributed by atoms with Crippen molar-refractivity contribution in [1.29, 1.82) is 0 Å². The molecular formula is C16H22BrF2N. The maximum atomic E-state index is 14.1. The van der Waals surface area contributed by atoms with Crippen molar-refractivity contribution in [2.45, 2.75) is 51.5 Å². The molecule has 1 saturated carbocycles. The fraction of sp³-hybridized carbons (Fsp3) is 0.625. The van der Waals surface area contributed by atoms with E-state index in [2.05, 4.69) is 22.9 Å². The maximum Gasteiger partial charge on any atom is 0.143 e. The van der Waals surface area contributed by atoms with Gasteiger partial charge < -0.3 is 5.73 Å². The van der Waals surface area contributed by atoms with Gasteiger partial charge in [0.1, 0.15) is 11.6 Å². The molecule has 3 atom stereocenters. The smallest absolute Gasteiger partial charge is 0.143 e. The van der Waals surface area contributed by atoms with Crippen LogP contribution >= 0.6 is 15.9 Å². The van der Waals surface area contributed by atoms with Gasteiger partial charge in [0.25, 0.3) is 0 Å². The molecule has 4 heteroatoms. The third-order valence-electron chi connectivity index (χ3n) is 4.45. The van der Waals surface area contributed by atoms with Gasteiger partial charge >= 0.3 is 0 Å². The Morgan fingerprint density at radius 2 is 2.05 bits per heavy atom. The van der Waals surface area contributed by atoms with Gasteiger partial charge in [0.15, 0.2) is 0 Å². The van der Waals surface area contributed by atoms with Crippen LogP contribution in [0.3, 0.4) is 0 Å². The molecule has 2 N–H and O–H groups in total. The van der Waals surface area contributed by atoms with E-state index in [1.165, 1.54) is 18.6 Å². The van der Waals surface area contributed by atoms with E-state index in [9.17, 15) is 8.78 Å². The molecule has 1 aromatic carbocycles. The Kier molecular flexibility index (Phi) is 5.56. The summed E-state index contributed by atoms with van der Waals surface area (Å²) in [6.07, 6.45) is 5.85. The van der Waals surface area contributed by atoms with Crippen LogP contribution in [-0.2, 0) is 6.42 Å². The highest BCUT2D eigenvalue weighted by molar-refractivity contribution is 9.10. The van der Waals surface area contributed by atoms with Crippen molar-refractivity contribution in [2.24, 2.45) is 17.6 Å². The van der Waals surface area contributed by atoms with Gasteiger partial charge in [-0.15, -0.1) is 0 Å². The van der Waals surface area contributed by atoms with Gasteiger partial charge in [-0.05, 0) is 65.6 Å². The van der Waals surface area contributed by atoms with Crippen molar-refractivity contribution in [3.8, 4) is 0 Å². The van der Waals surface area contributed by atoms with Gasteiger partial charge in [-0.3, -0.25) is 0 Å². The molecule has 112 valence electrons. The predicted octanol–water partition coefficient (Wildman–Crippen LogP) is 4.81. The van der Waals surface area contributed by atoms with E-state index in [1.807, 2.05) is 0 Å². The summed E-state index contributed by atoms with van der Waals surface area (Å²) in [5.41, 5.74) is 6.34. The normalized spacial score (nSPS) is 26.8. The molecule has 20 heavy (non-hydrogen) atoms. The van der Waals surface area contributed by atoms with E-state index in [4.69, 9.17) is 5.73 Å². The molecule has 1 aliphatic carbocycles. The van der Waals surface area contributed by atoms with Gasteiger partial charge in [0.2, 0.25) is 0 Å². The molecule has 1 aromatic rings. The molecule has 0 aromatic heterocycles. The second kappa shape index (κ2) is 6.99. The van der Waals surface area contributed by atoms with Crippen molar-refractivity contribution in [1.82, 2.24) is 0 Å². The molecule has 1 fully saturated rings. The number of benzene rings is 1. The Morgan fingerprint density at radius 3 is 2.75 bits per heavy atom. The molecule has 1 aliphatic rings. The Bertz CT molecular complexity index is 464. The molecule has 0 radical (unpaired) electrons. The number of hydrogen-bond acceptors (Lipinski definition) is 1. The lowest BCUT2D eigenvalue weighted by molar-refractivity contribution is 0.219. The van der Waals surface area contributed by atoms with Crippen LogP contribution in [0.15, 0.2) is 16.6 Å². The number of hydrogen-bond donors (Lipinski definition) is 1. The Labute approximate surface area is 128 Å². The predicted molar refractivity (Wildman–Crippen MR) is 81.5 cm³/mol. The van der Waals surface area contributed by atoms with Gasteiger partial charge in [-0.2, -0.15) is 0 Å². The van der Waals surface area contributed by atoms with Crippen LogP contribution in [0, 0.1) is 23.5 Å². The third kappa shape index (κ3) is 3.59. The lowest BCUT2D eigenvalue weighted by Crippen LogP contribution is -2.37. The van der Waals surface area contributed by atoms with E-state index >= 15 is 0 Å². The first-order valence-electron chi connectivity index (χ1n) is 7.40. The Hall–Kier alpha value is -0.480. The summed E-state index contributed by atoms with van der Waals surface area (Å²) in [7, 11) is 0. The van der Waals surface area contributed by atoms with Crippen LogP contribution < -0.4 is 5.73 Å². The Morgan fingerprint density at radius 1 is 1.30 bits per heavy atom. The van der Waals surface area contributed by atoms with Crippen LogP contribution in [0.2, 0.25) is 0 Å². The molecule has 2 rings (SSSR count). The van der Waals surface area contributed by atoms with Crippen molar-refractivity contribution in [3.05, 3.63) is 33.8 Å². The zero-order valence-corrected chi connectivity index (χ0v) is 13.4. The van der Waals surface area contributed by atoms with Crippen LogP contribution in [0.5, 0.6) is 0 Å². The SMILES string of the molecule is CCCC1CCC(N)C(Cc2c(F)ccc(Br)c2F)C1. The second-order valence-corrected chi connectivity index (χ2v) is 6.77. The molecule has 0 saturated heterocycles. The fourth-order valence-corrected chi connectivity index (χ4v) is 3.68. The molecular weight excluding hydrogens is 324 g/mol. The molecule has 1 nitrogen and oxygen atoms in total. The first kappa shape index (κ1) is 15.9. The van der Waals surface area contributed by atoms with Gasteiger partial charge in [0, 0.05) is 11.6 Å². The summed E-state index contributed by atoms with van der Waals surface area (Å²) in [5.74, 6) is -0.105. The van der Waals surface area contributed by atoms with Crippen molar-refractivity contribution < 1.29 is 8.78 Å². The number of rotatable bonds is 4. The zero-order valence-electron chi connectivity index (χ0n) is 11.8. The quantitative estimate of drug-likeness (QED) is 0.778. The highest BCUT2D eigenvalue weighted by Gasteiger charge is 2.29. The topological polar surface area (TPSA) is 26.0 Å². The van der Waals surface area contributed by atoms with E-state index in [1.54, 1.807) is 0 Å². The summed E-state index contributed by atoms with van der Waals surface area (Å²) >= 11 is 3.12. The monoisotopic (exact) mass is 345 g/mol. The van der Waals surface area contributed by atoms with Crippen LogP contribution in [0.1, 0.15) is 44.6 Å². The summed E-state index contributed by atoms with van der Waals surface area (Å²) in [4.78, 5) is 0. The zero-order chi connectivity index (χ0) is 14.7. The van der Waals surface area contributed by atoms with Gasteiger partial charge in [0.05, 0.1) is 4.47 Å². The third-order valence-corrected chi connectivity index (χ3v) is 5.06. The lowest BCUT2D eigenvalue weighted by atomic mass is 9.74. The fourth-order valence-electron chi connectivity index (χ4n) is 3.31. The van der Waals surface area contributed by atoms with Crippen LogP contribution in [0.4, 0.5) is 8.78 Å².